The summed E-state index contributed by atoms with van der Waals surface area (Å²) in [6, 6.07) is 3.43. The average Bonchev–Trinajstić information content (AvgIpc) is 3.17. The zero-order valence-corrected chi connectivity index (χ0v) is 30.4. The maximum absolute atomic E-state index is 13.6. The van der Waals surface area contributed by atoms with Gasteiger partial charge >= 0.3 is 30.3 Å². The van der Waals surface area contributed by atoms with Crippen LogP contribution in [0.25, 0.3) is 0 Å². The molecule has 1 aliphatic rings. The van der Waals surface area contributed by atoms with Crippen LogP contribution < -0.4 is 10.6 Å². The van der Waals surface area contributed by atoms with Crippen LogP contribution in [0, 0.1) is 5.92 Å². The van der Waals surface area contributed by atoms with Crippen molar-refractivity contribution in [3.8, 4) is 0 Å². The van der Waals surface area contributed by atoms with Crippen LogP contribution in [0.1, 0.15) is 103 Å². The summed E-state index contributed by atoms with van der Waals surface area (Å²) in [5.41, 5.74) is -3.00. The van der Waals surface area contributed by atoms with Crippen LogP contribution in [0.2, 0.25) is 0 Å². The second-order valence-corrected chi connectivity index (χ2v) is 14.6. The van der Waals surface area contributed by atoms with Crippen molar-refractivity contribution >= 4 is 48.1 Å². The third-order valence-electron chi connectivity index (χ3n) is 6.28. The molecular formula is C33H48N6O11. The number of urea groups is 1. The Labute approximate surface area is 291 Å². The standard InChI is InChI=1S/C33H48N6O11/c1-19(2)22(25(42)43)34-27(44)38(39-23(40)20-15-12-13-16-21(20)24(39)41)18-14-17-37(30(47)50-33(9,10)11)26(35-28(45)48-31(3,4)5)36-29(46)49-32(6,7)8/h12-13,15-16,19,22H,14,17-18H2,1-11H3,(H,34,44)(H,42,43)(H,35,36,45,46). The fraction of sp³-hybridized carbons (Fsp3) is 0.576. The Bertz CT molecular complexity index is 1480. The maximum atomic E-state index is 13.6. The van der Waals surface area contributed by atoms with E-state index in [0.717, 1.165) is 9.91 Å². The van der Waals surface area contributed by atoms with E-state index in [4.69, 9.17) is 14.2 Å². The van der Waals surface area contributed by atoms with Crippen molar-refractivity contribution in [2.24, 2.45) is 10.9 Å². The number of carboxylic acid groups (broad SMARTS) is 1. The third-order valence-corrected chi connectivity index (χ3v) is 6.28. The van der Waals surface area contributed by atoms with Gasteiger partial charge in [0.1, 0.15) is 22.8 Å². The number of carbonyl (C=O) groups is 7. The number of rotatable bonds is 8. The minimum atomic E-state index is -1.39. The molecule has 1 aromatic carbocycles. The van der Waals surface area contributed by atoms with Gasteiger partial charge in [0.05, 0.1) is 11.1 Å². The molecule has 0 aromatic heterocycles. The summed E-state index contributed by atoms with van der Waals surface area (Å²) in [5.74, 6) is -4.22. The molecule has 0 aliphatic carbocycles. The molecule has 17 nitrogen and oxygen atoms in total. The Morgan fingerprint density at radius 3 is 1.76 bits per heavy atom. The molecule has 1 aliphatic heterocycles. The van der Waals surface area contributed by atoms with Gasteiger partial charge in [-0.15, -0.1) is 4.99 Å². The molecule has 0 saturated heterocycles. The lowest BCUT2D eigenvalue weighted by molar-refractivity contribution is -0.140. The predicted molar refractivity (Wildman–Crippen MR) is 179 cm³/mol. The van der Waals surface area contributed by atoms with Crippen molar-refractivity contribution in [3.63, 3.8) is 0 Å². The first-order valence-electron chi connectivity index (χ1n) is 15.9. The monoisotopic (exact) mass is 704 g/mol. The number of carboxylic acids is 1. The van der Waals surface area contributed by atoms with Gasteiger partial charge in [0.2, 0.25) is 5.96 Å². The first-order chi connectivity index (χ1) is 22.8. The molecular weight excluding hydrogens is 656 g/mol. The number of nitrogens with zero attached hydrogens (tertiary/aromatic N) is 4. The van der Waals surface area contributed by atoms with Gasteiger partial charge in [-0.1, -0.05) is 26.0 Å². The summed E-state index contributed by atoms with van der Waals surface area (Å²) in [6.07, 6.45) is -3.55. The number of amides is 7. The van der Waals surface area contributed by atoms with Crippen molar-refractivity contribution in [2.75, 3.05) is 13.1 Å². The first kappa shape index (κ1) is 41.0. The number of guanidine groups is 1. The number of aliphatic imine (C=N–C) groups is 1. The van der Waals surface area contributed by atoms with E-state index in [1.54, 1.807) is 88.3 Å². The molecule has 2 rings (SSSR count). The third kappa shape index (κ3) is 12.0. The van der Waals surface area contributed by atoms with Crippen molar-refractivity contribution in [2.45, 2.75) is 105 Å². The number of hydrazine groups is 1. The molecule has 3 N–H and O–H groups in total. The van der Waals surface area contributed by atoms with Gasteiger partial charge in [-0.2, -0.15) is 5.01 Å². The number of hydrogen-bond acceptors (Lipinski definition) is 10. The highest BCUT2D eigenvalue weighted by Crippen LogP contribution is 2.25. The molecule has 0 bridgehead atoms. The highest BCUT2D eigenvalue weighted by molar-refractivity contribution is 6.21. The van der Waals surface area contributed by atoms with Crippen LogP contribution in [-0.4, -0.2) is 104 Å². The molecule has 0 spiro atoms. The van der Waals surface area contributed by atoms with Crippen LogP contribution in [-0.2, 0) is 19.0 Å². The fourth-order valence-electron chi connectivity index (χ4n) is 4.31. The molecule has 1 aromatic rings. The van der Waals surface area contributed by atoms with Crippen molar-refractivity contribution in [3.05, 3.63) is 35.4 Å². The topological polar surface area (TPSA) is 214 Å². The molecule has 1 heterocycles. The largest absolute Gasteiger partial charge is 0.480 e. The van der Waals surface area contributed by atoms with Crippen LogP contribution in [0.15, 0.2) is 29.3 Å². The summed E-state index contributed by atoms with van der Waals surface area (Å²) in [4.78, 5) is 96.2. The van der Waals surface area contributed by atoms with Crippen molar-refractivity contribution in [1.29, 1.82) is 0 Å². The first-order valence-corrected chi connectivity index (χ1v) is 15.9. The number of ether oxygens (including phenoxy) is 3. The second-order valence-electron chi connectivity index (χ2n) is 14.6. The summed E-state index contributed by atoms with van der Waals surface area (Å²) in [5, 5.41) is 15.7. The molecule has 0 fully saturated rings. The summed E-state index contributed by atoms with van der Waals surface area (Å²) < 4.78 is 16.1. The van der Waals surface area contributed by atoms with Crippen molar-refractivity contribution < 1.29 is 52.9 Å². The van der Waals surface area contributed by atoms with E-state index in [0.29, 0.717) is 5.01 Å². The number of carbonyl (C=O) groups excluding carboxylic acids is 6. The number of alkyl carbamates (subject to hydrolysis) is 1. The van der Waals surface area contributed by atoms with E-state index in [1.165, 1.54) is 12.1 Å². The van der Waals surface area contributed by atoms with Gasteiger partial charge in [0.25, 0.3) is 11.8 Å². The fourth-order valence-corrected chi connectivity index (χ4v) is 4.31. The molecule has 7 amide bonds. The zero-order chi connectivity index (χ0) is 38.4. The number of fused-ring (bicyclic) bond motifs is 1. The van der Waals surface area contributed by atoms with Gasteiger partial charge in [-0.05, 0) is 86.8 Å². The Balaban J connectivity index is 2.56. The average molecular weight is 705 g/mol. The SMILES string of the molecule is CC(C)C(NC(=O)N(CCCN(C(=O)OC(C)(C)C)C(=NC(=O)OC(C)(C)C)NC(=O)OC(C)(C)C)N1C(=O)c2ccccc2C1=O)C(=O)O. The molecule has 17 heteroatoms. The highest BCUT2D eigenvalue weighted by Gasteiger charge is 2.42. The Morgan fingerprint density at radius 1 is 0.820 bits per heavy atom. The van der Waals surface area contributed by atoms with E-state index >= 15 is 0 Å². The lowest BCUT2D eigenvalue weighted by Gasteiger charge is -2.33. The second kappa shape index (κ2) is 16.0. The van der Waals surface area contributed by atoms with Crippen molar-refractivity contribution in [1.82, 2.24) is 25.6 Å². The predicted octanol–water partition coefficient (Wildman–Crippen LogP) is 4.76. The smallest absolute Gasteiger partial charge is 0.437 e. The number of nitrogens with one attached hydrogen (secondary N) is 2. The lowest BCUT2D eigenvalue weighted by atomic mass is 10.1. The lowest BCUT2D eigenvalue weighted by Crippen LogP contribution is -2.58. The van der Waals surface area contributed by atoms with E-state index in [1.807, 2.05) is 0 Å². The van der Waals surface area contributed by atoms with Crippen LogP contribution in [0.5, 0.6) is 0 Å². The zero-order valence-electron chi connectivity index (χ0n) is 30.4. The summed E-state index contributed by atoms with van der Waals surface area (Å²) >= 11 is 0. The Hall–Kier alpha value is -5.22. The van der Waals surface area contributed by atoms with Crippen LogP contribution in [0.4, 0.5) is 19.2 Å². The number of hydrogen-bond donors (Lipinski definition) is 3. The molecule has 276 valence electrons. The van der Waals surface area contributed by atoms with E-state index in [2.05, 4.69) is 15.6 Å². The highest BCUT2D eigenvalue weighted by atomic mass is 16.6. The maximum Gasteiger partial charge on any atom is 0.437 e. The van der Waals surface area contributed by atoms with Gasteiger partial charge in [0, 0.05) is 13.1 Å². The van der Waals surface area contributed by atoms with Crippen LogP contribution >= 0.6 is 0 Å². The van der Waals surface area contributed by atoms with E-state index in [9.17, 15) is 38.7 Å². The number of imide groups is 1. The Morgan fingerprint density at radius 2 is 1.32 bits per heavy atom. The summed E-state index contributed by atoms with van der Waals surface area (Å²) in [7, 11) is 0. The quantitative estimate of drug-likeness (QED) is 0.145. The minimum Gasteiger partial charge on any atom is -0.480 e. The van der Waals surface area contributed by atoms with Crippen LogP contribution in [0.3, 0.4) is 0 Å². The summed E-state index contributed by atoms with van der Waals surface area (Å²) in [6.45, 7) is 16.5. The molecule has 1 atom stereocenters. The number of benzene rings is 1. The molecule has 50 heavy (non-hydrogen) atoms. The van der Waals surface area contributed by atoms with Gasteiger partial charge < -0.3 is 24.6 Å². The minimum absolute atomic E-state index is 0.0256. The molecule has 1 unspecified atom stereocenters. The Kier molecular flexibility index (Phi) is 13.1. The van der Waals surface area contributed by atoms with E-state index < -0.39 is 89.9 Å². The van der Waals surface area contributed by atoms with E-state index in [-0.39, 0.29) is 17.5 Å². The van der Waals surface area contributed by atoms with Gasteiger partial charge in [-0.25, -0.2) is 33.9 Å². The number of aliphatic carboxylic acids is 1. The molecule has 0 saturated carbocycles. The van der Waals surface area contributed by atoms with Gasteiger partial charge in [-0.3, -0.25) is 14.9 Å². The molecule has 0 radical (unpaired) electrons. The van der Waals surface area contributed by atoms with Gasteiger partial charge in [0.15, 0.2) is 0 Å². The normalized spacial score (nSPS) is 14.1.